The smallest absolute Gasteiger partial charge is 0.237 e. The Balaban J connectivity index is 0.000000254. The number of likely N-dealkylation sites (N-methyl/N-ethyl adjacent to an activating group) is 1. The number of fused-ring (bicyclic) bond motifs is 1. The van der Waals surface area contributed by atoms with E-state index in [0.717, 1.165) is 61.6 Å². The molecular formula is C23H38N8O2. The van der Waals surface area contributed by atoms with Gasteiger partial charge in [0.15, 0.2) is 6.29 Å². The van der Waals surface area contributed by atoms with Crippen LogP contribution in [0.2, 0.25) is 0 Å². The summed E-state index contributed by atoms with van der Waals surface area (Å²) in [5.74, 6) is 11.3. The summed E-state index contributed by atoms with van der Waals surface area (Å²) in [6, 6.07) is -0.196. The quantitative estimate of drug-likeness (QED) is 0.109. The van der Waals surface area contributed by atoms with Gasteiger partial charge in [-0.15, -0.1) is 0 Å². The standard InChI is InChI=1S/C12H27N7O.C11H11NO/c1-16-10(6-3-7-13)12(20)17-9-5-2-4-8(9)11(18-14)19-15;1-12-7-9(8-13)10-5-3-2-4-6-11(10)12/h8-10,16H,2-7,13-15H2,1H3,(H,17,20)(H,18,19);3-8H,2H2,1H3. The summed E-state index contributed by atoms with van der Waals surface area (Å²) < 4.78 is 1.98. The van der Waals surface area contributed by atoms with E-state index in [4.69, 9.17) is 17.4 Å². The van der Waals surface area contributed by atoms with Gasteiger partial charge in [-0.2, -0.15) is 5.10 Å². The molecule has 0 aliphatic heterocycles. The summed E-state index contributed by atoms with van der Waals surface area (Å²) in [7, 11) is 3.73. The molecule has 0 spiro atoms. The van der Waals surface area contributed by atoms with Crippen molar-refractivity contribution in [2.24, 2.45) is 35.5 Å². The first kappa shape index (κ1) is 26.3. The highest BCUT2D eigenvalue weighted by Crippen LogP contribution is 2.26. The lowest BCUT2D eigenvalue weighted by Crippen LogP contribution is -2.51. The van der Waals surface area contributed by atoms with Crippen LogP contribution in [-0.2, 0) is 11.8 Å². The Morgan fingerprint density at radius 2 is 2.09 bits per heavy atom. The second-order valence-corrected chi connectivity index (χ2v) is 8.24. The Morgan fingerprint density at radius 3 is 2.73 bits per heavy atom. The number of nitrogens with one attached hydrogen (secondary N) is 3. The highest BCUT2D eigenvalue weighted by Gasteiger charge is 2.33. The molecule has 3 atom stereocenters. The van der Waals surface area contributed by atoms with Gasteiger partial charge in [-0.1, -0.05) is 24.6 Å². The molecule has 0 aromatic carbocycles. The number of rotatable bonds is 8. The Labute approximate surface area is 195 Å². The SMILES string of the molecule is CNC(CCCN)C(=O)NC1CCCC1/C(=N/N)NN.Cn1cc(C=O)c2c1C=CCC=C2. The molecule has 0 saturated heterocycles. The van der Waals surface area contributed by atoms with Crippen molar-refractivity contribution >= 4 is 30.2 Å². The number of aromatic nitrogens is 1. The first-order valence-corrected chi connectivity index (χ1v) is 11.4. The molecule has 1 saturated carbocycles. The molecule has 1 aromatic rings. The van der Waals surface area contributed by atoms with Gasteiger partial charge in [0.05, 0.1) is 6.04 Å². The number of aldehydes is 1. The normalized spacial score (nSPS) is 20.3. The largest absolute Gasteiger partial charge is 0.351 e. The second kappa shape index (κ2) is 13.6. The third kappa shape index (κ3) is 7.01. The summed E-state index contributed by atoms with van der Waals surface area (Å²) in [6.45, 7) is 0.582. The highest BCUT2D eigenvalue weighted by molar-refractivity contribution is 5.87. The number of hydrazine groups is 1. The van der Waals surface area contributed by atoms with Gasteiger partial charge in [0.1, 0.15) is 5.84 Å². The van der Waals surface area contributed by atoms with Crippen LogP contribution in [0, 0.1) is 5.92 Å². The van der Waals surface area contributed by atoms with Crippen LogP contribution in [0.1, 0.15) is 60.1 Å². The fraction of sp³-hybridized carbons (Fsp3) is 0.522. The number of amidine groups is 1. The summed E-state index contributed by atoms with van der Waals surface area (Å²) in [5.41, 5.74) is 10.9. The van der Waals surface area contributed by atoms with Gasteiger partial charge in [0, 0.05) is 42.0 Å². The van der Waals surface area contributed by atoms with Gasteiger partial charge < -0.3 is 32.2 Å². The van der Waals surface area contributed by atoms with Crippen LogP contribution in [0.25, 0.3) is 12.2 Å². The summed E-state index contributed by atoms with van der Waals surface area (Å²) in [4.78, 5) is 23.0. The Hall–Kier alpha value is -2.95. The molecule has 1 heterocycles. The van der Waals surface area contributed by atoms with Crippen LogP contribution in [-0.4, -0.2) is 48.3 Å². The summed E-state index contributed by atoms with van der Waals surface area (Å²) >= 11 is 0. The number of aryl methyl sites for hydroxylation is 1. The molecule has 3 unspecified atom stereocenters. The predicted octanol–water partition coefficient (Wildman–Crippen LogP) is 0.601. The maximum absolute atomic E-state index is 12.2. The third-order valence-electron chi connectivity index (χ3n) is 6.10. The first-order valence-electron chi connectivity index (χ1n) is 11.4. The van der Waals surface area contributed by atoms with Gasteiger partial charge in [-0.25, -0.2) is 5.84 Å². The fourth-order valence-electron chi connectivity index (χ4n) is 4.32. The van der Waals surface area contributed by atoms with E-state index in [1.165, 1.54) is 0 Å². The van der Waals surface area contributed by atoms with Gasteiger partial charge in [0.25, 0.3) is 0 Å². The number of nitrogens with zero attached hydrogens (tertiary/aromatic N) is 2. The van der Waals surface area contributed by atoms with Crippen molar-refractivity contribution in [3.05, 3.63) is 35.2 Å². The zero-order valence-electron chi connectivity index (χ0n) is 19.6. The lowest BCUT2D eigenvalue weighted by molar-refractivity contribution is -0.124. The number of carbonyl (C=O) groups is 2. The van der Waals surface area contributed by atoms with Gasteiger partial charge >= 0.3 is 0 Å². The van der Waals surface area contributed by atoms with E-state index in [-0.39, 0.29) is 23.9 Å². The molecule has 33 heavy (non-hydrogen) atoms. The average Bonchev–Trinajstić information content (AvgIpc) is 3.29. The van der Waals surface area contributed by atoms with E-state index >= 15 is 0 Å². The number of allylic oxidation sites excluding steroid dienone is 2. The van der Waals surface area contributed by atoms with E-state index in [2.05, 4.69) is 39.4 Å². The van der Waals surface area contributed by atoms with E-state index < -0.39 is 0 Å². The van der Waals surface area contributed by atoms with Crippen molar-refractivity contribution in [2.75, 3.05) is 13.6 Å². The van der Waals surface area contributed by atoms with E-state index in [0.29, 0.717) is 12.4 Å². The predicted molar refractivity (Wildman–Crippen MR) is 133 cm³/mol. The third-order valence-corrected chi connectivity index (χ3v) is 6.10. The molecule has 2 aliphatic rings. The van der Waals surface area contributed by atoms with Crippen molar-refractivity contribution in [1.29, 1.82) is 0 Å². The van der Waals surface area contributed by atoms with Crippen molar-refractivity contribution in [3.8, 4) is 0 Å². The van der Waals surface area contributed by atoms with Crippen LogP contribution in [0.5, 0.6) is 0 Å². The minimum Gasteiger partial charge on any atom is -0.351 e. The molecule has 1 amide bonds. The van der Waals surface area contributed by atoms with E-state index in [9.17, 15) is 9.59 Å². The molecule has 10 heteroatoms. The van der Waals surface area contributed by atoms with Crippen LogP contribution >= 0.6 is 0 Å². The molecule has 10 nitrogen and oxygen atoms in total. The highest BCUT2D eigenvalue weighted by atomic mass is 16.2. The van der Waals surface area contributed by atoms with Crippen LogP contribution in [0.15, 0.2) is 23.5 Å². The summed E-state index contributed by atoms with van der Waals surface area (Å²) in [6.07, 6.45) is 16.3. The molecule has 1 fully saturated rings. The van der Waals surface area contributed by atoms with Gasteiger partial charge in [0.2, 0.25) is 5.91 Å². The van der Waals surface area contributed by atoms with Crippen molar-refractivity contribution in [2.45, 2.75) is 50.6 Å². The molecule has 0 bridgehead atoms. The molecule has 182 valence electrons. The number of hydrogen-bond donors (Lipinski definition) is 6. The minimum atomic E-state index is -0.219. The monoisotopic (exact) mass is 458 g/mol. The average molecular weight is 459 g/mol. The molecule has 3 rings (SSSR count). The minimum absolute atomic E-state index is 0.00811. The first-order chi connectivity index (χ1) is 16.0. The lowest BCUT2D eigenvalue weighted by atomic mass is 10.0. The van der Waals surface area contributed by atoms with Crippen molar-refractivity contribution in [1.82, 2.24) is 20.6 Å². The Morgan fingerprint density at radius 1 is 1.33 bits per heavy atom. The Bertz CT molecular complexity index is 874. The fourth-order valence-corrected chi connectivity index (χ4v) is 4.32. The van der Waals surface area contributed by atoms with E-state index in [1.54, 1.807) is 7.05 Å². The summed E-state index contributed by atoms with van der Waals surface area (Å²) in [5, 5.41) is 9.74. The second-order valence-electron chi connectivity index (χ2n) is 8.24. The van der Waals surface area contributed by atoms with Crippen molar-refractivity contribution in [3.63, 3.8) is 0 Å². The number of carbonyl (C=O) groups excluding carboxylic acids is 2. The lowest BCUT2D eigenvalue weighted by Gasteiger charge is -2.24. The maximum atomic E-state index is 12.2. The maximum Gasteiger partial charge on any atom is 0.237 e. The molecule has 1 aromatic heterocycles. The van der Waals surface area contributed by atoms with Gasteiger partial charge in [-0.3, -0.25) is 9.59 Å². The van der Waals surface area contributed by atoms with Crippen LogP contribution < -0.4 is 33.5 Å². The van der Waals surface area contributed by atoms with Crippen LogP contribution in [0.3, 0.4) is 0 Å². The molecular weight excluding hydrogens is 420 g/mol. The van der Waals surface area contributed by atoms with Crippen LogP contribution in [0.4, 0.5) is 0 Å². The van der Waals surface area contributed by atoms with E-state index in [1.807, 2.05) is 23.9 Å². The van der Waals surface area contributed by atoms with Crippen molar-refractivity contribution < 1.29 is 9.59 Å². The Kier molecular flexibility index (Phi) is 10.8. The molecule has 9 N–H and O–H groups in total. The number of amides is 1. The zero-order valence-corrected chi connectivity index (χ0v) is 19.6. The number of hydrogen-bond acceptors (Lipinski definition) is 7. The molecule has 2 aliphatic carbocycles. The number of nitrogens with two attached hydrogens (primary N) is 3. The topological polar surface area (TPSA) is 166 Å². The zero-order chi connectivity index (χ0) is 24.2. The van der Waals surface area contributed by atoms with Gasteiger partial charge in [-0.05, 0) is 51.8 Å². The molecule has 0 radical (unpaired) electrons. The number of hydrazone groups is 1.